The van der Waals surface area contributed by atoms with Gasteiger partial charge in [-0.05, 0) is 50.2 Å². The maximum absolute atomic E-state index is 13.9. The highest BCUT2D eigenvalue weighted by Crippen LogP contribution is 2.30. The molecule has 156 valence electrons. The highest BCUT2D eigenvalue weighted by molar-refractivity contribution is 7.89. The van der Waals surface area contributed by atoms with Crippen molar-refractivity contribution in [3.8, 4) is 0 Å². The third kappa shape index (κ3) is 4.21. The van der Waals surface area contributed by atoms with Gasteiger partial charge in [-0.2, -0.15) is 0 Å². The fraction of sp³-hybridized carbons (Fsp3) is 0.227. The fourth-order valence-corrected chi connectivity index (χ4v) is 5.19. The molecule has 1 amide bonds. The summed E-state index contributed by atoms with van der Waals surface area (Å²) >= 11 is 0. The van der Waals surface area contributed by atoms with Crippen molar-refractivity contribution < 1.29 is 17.6 Å². The van der Waals surface area contributed by atoms with E-state index in [1.165, 1.54) is 30.3 Å². The number of piperidine rings is 1. The summed E-state index contributed by atoms with van der Waals surface area (Å²) < 4.78 is 42.8. The molecule has 0 aliphatic carbocycles. The Labute approximate surface area is 174 Å². The van der Waals surface area contributed by atoms with Gasteiger partial charge in [0.2, 0.25) is 10.0 Å². The molecule has 0 bridgehead atoms. The van der Waals surface area contributed by atoms with Gasteiger partial charge in [0, 0.05) is 22.5 Å². The molecule has 6 nitrogen and oxygen atoms in total. The van der Waals surface area contributed by atoms with Gasteiger partial charge in [0.1, 0.15) is 5.82 Å². The number of sulfonamides is 1. The first-order valence-electron chi connectivity index (χ1n) is 9.76. The Kier molecular flexibility index (Phi) is 5.80. The predicted molar refractivity (Wildman–Crippen MR) is 115 cm³/mol. The Balaban J connectivity index is 1.68. The van der Waals surface area contributed by atoms with Crippen LogP contribution in [0.15, 0.2) is 65.6 Å². The van der Waals surface area contributed by atoms with E-state index in [2.05, 4.69) is 15.4 Å². The van der Waals surface area contributed by atoms with Gasteiger partial charge in [-0.25, -0.2) is 17.5 Å². The SMILES string of the molecule is O=C(Nc1ccc(S(=O)(=O)NC2CCNCC2)c2ccccc12)c1ccccc1F. The second kappa shape index (κ2) is 8.51. The molecule has 3 aromatic rings. The van der Waals surface area contributed by atoms with Crippen molar-refractivity contribution in [2.45, 2.75) is 23.8 Å². The Morgan fingerprint density at radius 2 is 1.60 bits per heavy atom. The van der Waals surface area contributed by atoms with Gasteiger partial charge in [0.25, 0.3) is 5.91 Å². The van der Waals surface area contributed by atoms with E-state index in [9.17, 15) is 17.6 Å². The van der Waals surface area contributed by atoms with Gasteiger partial charge in [0.05, 0.1) is 10.5 Å². The van der Waals surface area contributed by atoms with Gasteiger partial charge >= 0.3 is 0 Å². The summed E-state index contributed by atoms with van der Waals surface area (Å²) in [6.07, 6.45) is 1.46. The number of rotatable bonds is 5. The lowest BCUT2D eigenvalue weighted by atomic mass is 10.1. The molecule has 30 heavy (non-hydrogen) atoms. The molecule has 1 aliphatic rings. The van der Waals surface area contributed by atoms with E-state index in [1.807, 2.05) is 0 Å². The zero-order valence-electron chi connectivity index (χ0n) is 16.2. The minimum Gasteiger partial charge on any atom is -0.321 e. The van der Waals surface area contributed by atoms with Crippen molar-refractivity contribution in [1.82, 2.24) is 10.0 Å². The monoisotopic (exact) mass is 427 g/mol. The highest BCUT2D eigenvalue weighted by Gasteiger charge is 2.24. The van der Waals surface area contributed by atoms with Crippen LogP contribution in [0.3, 0.4) is 0 Å². The molecule has 4 rings (SSSR count). The van der Waals surface area contributed by atoms with E-state index >= 15 is 0 Å². The number of anilines is 1. The summed E-state index contributed by atoms with van der Waals surface area (Å²) in [5, 5.41) is 6.97. The molecule has 3 N–H and O–H groups in total. The molecule has 0 unspecified atom stereocenters. The first-order valence-corrected chi connectivity index (χ1v) is 11.2. The summed E-state index contributed by atoms with van der Waals surface area (Å²) in [5.74, 6) is -1.22. The van der Waals surface area contributed by atoms with E-state index in [1.54, 1.807) is 30.3 Å². The molecule has 0 spiro atoms. The van der Waals surface area contributed by atoms with Crippen LogP contribution in [0.25, 0.3) is 10.8 Å². The van der Waals surface area contributed by atoms with Gasteiger partial charge < -0.3 is 10.6 Å². The minimum atomic E-state index is -3.74. The van der Waals surface area contributed by atoms with Crippen LogP contribution in [0.5, 0.6) is 0 Å². The lowest BCUT2D eigenvalue weighted by Gasteiger charge is -2.24. The van der Waals surface area contributed by atoms with Crippen molar-refractivity contribution in [1.29, 1.82) is 0 Å². The quantitative estimate of drug-likeness (QED) is 0.583. The number of carbonyl (C=O) groups is 1. The van der Waals surface area contributed by atoms with Crippen molar-refractivity contribution in [3.63, 3.8) is 0 Å². The average Bonchev–Trinajstić information content (AvgIpc) is 2.74. The van der Waals surface area contributed by atoms with Crippen molar-refractivity contribution in [3.05, 3.63) is 72.0 Å². The molecule has 1 aliphatic heterocycles. The van der Waals surface area contributed by atoms with Crippen molar-refractivity contribution in [2.75, 3.05) is 18.4 Å². The largest absolute Gasteiger partial charge is 0.321 e. The van der Waals surface area contributed by atoms with Crippen LogP contribution >= 0.6 is 0 Å². The molecule has 0 radical (unpaired) electrons. The van der Waals surface area contributed by atoms with Crippen molar-refractivity contribution in [2.24, 2.45) is 0 Å². The van der Waals surface area contributed by atoms with Crippen LogP contribution in [0.1, 0.15) is 23.2 Å². The lowest BCUT2D eigenvalue weighted by molar-refractivity contribution is 0.102. The van der Waals surface area contributed by atoms with Gasteiger partial charge in [-0.15, -0.1) is 0 Å². The van der Waals surface area contributed by atoms with Gasteiger partial charge in [0.15, 0.2) is 0 Å². The highest BCUT2D eigenvalue weighted by atomic mass is 32.2. The Hall–Kier alpha value is -2.81. The molecule has 1 saturated heterocycles. The number of hydrogen-bond acceptors (Lipinski definition) is 4. The van der Waals surface area contributed by atoms with Gasteiger partial charge in [-0.1, -0.05) is 36.4 Å². The number of carbonyl (C=O) groups excluding carboxylic acids is 1. The first kappa shape index (κ1) is 20.5. The Bertz CT molecular complexity index is 1190. The molecule has 1 heterocycles. The molecule has 3 aromatic carbocycles. The number of nitrogens with one attached hydrogen (secondary N) is 3. The summed E-state index contributed by atoms with van der Waals surface area (Å²) in [5.41, 5.74) is 0.338. The third-order valence-electron chi connectivity index (χ3n) is 5.20. The third-order valence-corrected chi connectivity index (χ3v) is 6.78. The number of amides is 1. The van der Waals surface area contributed by atoms with Crippen LogP contribution in [0.4, 0.5) is 10.1 Å². The number of halogens is 1. The molecular formula is C22H22FN3O3S. The first-order chi connectivity index (χ1) is 14.5. The zero-order chi connectivity index (χ0) is 21.1. The second-order valence-electron chi connectivity index (χ2n) is 7.24. The molecule has 0 atom stereocenters. The zero-order valence-corrected chi connectivity index (χ0v) is 17.0. The topological polar surface area (TPSA) is 87.3 Å². The van der Waals surface area contributed by atoms with Crippen LogP contribution in [0, 0.1) is 5.82 Å². The Morgan fingerprint density at radius 1 is 0.933 bits per heavy atom. The standard InChI is InChI=1S/C22H22FN3O3S/c23-19-8-4-3-7-18(19)22(27)25-20-9-10-21(17-6-2-1-5-16(17)20)30(28,29)26-15-11-13-24-14-12-15/h1-10,15,24,26H,11-14H2,(H,25,27). The molecule has 1 fully saturated rings. The van der Waals surface area contributed by atoms with Crippen LogP contribution in [0.2, 0.25) is 0 Å². The van der Waals surface area contributed by atoms with Crippen LogP contribution in [-0.2, 0) is 10.0 Å². The summed E-state index contributed by atoms with van der Waals surface area (Å²) in [7, 11) is -3.74. The normalized spacial score (nSPS) is 15.2. The minimum absolute atomic E-state index is 0.0779. The molecule has 8 heteroatoms. The van der Waals surface area contributed by atoms with Crippen molar-refractivity contribution >= 4 is 32.4 Å². The number of hydrogen-bond donors (Lipinski definition) is 3. The molecule has 0 aromatic heterocycles. The van der Waals surface area contributed by atoms with E-state index in [-0.39, 0.29) is 16.5 Å². The fourth-order valence-electron chi connectivity index (χ4n) is 3.67. The predicted octanol–water partition coefficient (Wildman–Crippen LogP) is 3.26. The molecule has 0 saturated carbocycles. The van der Waals surface area contributed by atoms with Gasteiger partial charge in [-0.3, -0.25) is 4.79 Å². The molecular weight excluding hydrogens is 405 g/mol. The Morgan fingerprint density at radius 3 is 2.33 bits per heavy atom. The number of benzene rings is 3. The smallest absolute Gasteiger partial charge is 0.258 e. The van der Waals surface area contributed by atoms with Crippen LogP contribution < -0.4 is 15.4 Å². The number of fused-ring (bicyclic) bond motifs is 1. The maximum Gasteiger partial charge on any atom is 0.258 e. The van der Waals surface area contributed by atoms with Crippen LogP contribution in [-0.4, -0.2) is 33.5 Å². The summed E-state index contributed by atoms with van der Waals surface area (Å²) in [6, 6.07) is 15.5. The summed E-state index contributed by atoms with van der Waals surface area (Å²) in [4.78, 5) is 12.7. The maximum atomic E-state index is 13.9. The van der Waals surface area contributed by atoms with E-state index in [0.29, 0.717) is 16.5 Å². The van der Waals surface area contributed by atoms with E-state index in [4.69, 9.17) is 0 Å². The lowest BCUT2D eigenvalue weighted by Crippen LogP contribution is -2.42. The second-order valence-corrected chi connectivity index (χ2v) is 8.92. The summed E-state index contributed by atoms with van der Waals surface area (Å²) in [6.45, 7) is 1.55. The van der Waals surface area contributed by atoms with E-state index < -0.39 is 21.7 Å². The van der Waals surface area contributed by atoms with E-state index in [0.717, 1.165) is 25.9 Å². The average molecular weight is 428 g/mol.